The minimum Gasteiger partial charge on any atom is -0.478 e. The van der Waals surface area contributed by atoms with Gasteiger partial charge in [-0.1, -0.05) is 13.0 Å². The van der Waals surface area contributed by atoms with E-state index in [1.54, 1.807) is 12.1 Å². The molecular weight excluding hydrogens is 336 g/mol. The van der Waals surface area contributed by atoms with Gasteiger partial charge >= 0.3 is 5.97 Å². The molecule has 5 nitrogen and oxygen atoms in total. The first kappa shape index (κ1) is 17.5. The average molecular weight is 358 g/mol. The first-order chi connectivity index (χ1) is 12.0. The lowest BCUT2D eigenvalue weighted by molar-refractivity contribution is -0.115. The molecule has 0 bridgehead atoms. The monoisotopic (exact) mass is 358 g/mol. The fourth-order valence-corrected chi connectivity index (χ4v) is 3.91. The topological polar surface area (TPSA) is 69.6 Å². The molecule has 1 aromatic carbocycles. The van der Waals surface area contributed by atoms with Gasteiger partial charge in [0.05, 0.1) is 17.7 Å². The van der Waals surface area contributed by atoms with Crippen molar-refractivity contribution in [3.05, 3.63) is 46.2 Å². The van der Waals surface area contributed by atoms with Crippen molar-refractivity contribution in [1.82, 2.24) is 0 Å². The van der Waals surface area contributed by atoms with Crippen molar-refractivity contribution >= 4 is 34.6 Å². The van der Waals surface area contributed by atoms with E-state index in [9.17, 15) is 14.7 Å². The second-order valence-electron chi connectivity index (χ2n) is 6.53. The fourth-order valence-electron chi connectivity index (χ4n) is 3.20. The van der Waals surface area contributed by atoms with Crippen LogP contribution in [-0.4, -0.2) is 30.1 Å². The summed E-state index contributed by atoms with van der Waals surface area (Å²) in [6.45, 7) is 4.08. The molecule has 0 saturated carbocycles. The minimum absolute atomic E-state index is 0.134. The molecule has 1 saturated heterocycles. The number of aromatic carboxylic acids is 1. The Hall–Kier alpha value is -2.34. The molecule has 2 aromatic rings. The highest BCUT2D eigenvalue weighted by Gasteiger charge is 2.20. The lowest BCUT2D eigenvalue weighted by Crippen LogP contribution is -2.34. The van der Waals surface area contributed by atoms with Gasteiger partial charge in [0.2, 0.25) is 5.91 Å². The average Bonchev–Trinajstić information content (AvgIpc) is 3.07. The molecule has 2 heterocycles. The van der Waals surface area contributed by atoms with E-state index in [2.05, 4.69) is 17.1 Å². The Bertz CT molecular complexity index is 758. The molecule has 1 aliphatic heterocycles. The molecule has 0 spiro atoms. The number of carboxylic acid groups (broad SMARTS) is 1. The number of nitrogens with zero attached hydrogens (tertiary/aromatic N) is 1. The molecule has 1 fully saturated rings. The van der Waals surface area contributed by atoms with Gasteiger partial charge in [-0.2, -0.15) is 0 Å². The van der Waals surface area contributed by atoms with E-state index < -0.39 is 5.97 Å². The number of carbonyl (C=O) groups excluding carboxylic acids is 1. The van der Waals surface area contributed by atoms with Crippen LogP contribution in [0.1, 0.15) is 35.0 Å². The fraction of sp³-hybridized carbons (Fsp3) is 0.368. The van der Waals surface area contributed by atoms with Crippen molar-refractivity contribution in [1.29, 1.82) is 0 Å². The van der Waals surface area contributed by atoms with Crippen molar-refractivity contribution in [3.63, 3.8) is 0 Å². The Morgan fingerprint density at radius 3 is 2.88 bits per heavy atom. The van der Waals surface area contributed by atoms with E-state index in [1.165, 1.54) is 17.8 Å². The predicted molar refractivity (Wildman–Crippen MR) is 101 cm³/mol. The summed E-state index contributed by atoms with van der Waals surface area (Å²) < 4.78 is 0. The zero-order chi connectivity index (χ0) is 17.8. The molecule has 6 heteroatoms. The SMILES string of the molecule is CC1CCCN(c2ccc(NC(=O)Cc3cccs3)c(C(=O)O)c2)C1. The summed E-state index contributed by atoms with van der Waals surface area (Å²) in [5.41, 5.74) is 1.39. The zero-order valence-electron chi connectivity index (χ0n) is 14.2. The van der Waals surface area contributed by atoms with Crippen LogP contribution in [0.5, 0.6) is 0 Å². The van der Waals surface area contributed by atoms with Gasteiger partial charge in [-0.25, -0.2) is 4.79 Å². The summed E-state index contributed by atoms with van der Waals surface area (Å²) in [4.78, 5) is 27.0. The molecular formula is C19H22N2O3S. The summed E-state index contributed by atoms with van der Waals surface area (Å²) in [5, 5.41) is 14.2. The summed E-state index contributed by atoms with van der Waals surface area (Å²) in [6.07, 6.45) is 2.57. The van der Waals surface area contributed by atoms with Gasteiger partial charge in [0.25, 0.3) is 0 Å². The highest BCUT2D eigenvalue weighted by Crippen LogP contribution is 2.27. The summed E-state index contributed by atoms with van der Waals surface area (Å²) in [6, 6.07) is 9.05. The Labute approximate surface area is 151 Å². The van der Waals surface area contributed by atoms with Gasteiger partial charge in [-0.15, -0.1) is 11.3 Å². The molecule has 132 valence electrons. The number of hydrogen-bond donors (Lipinski definition) is 2. The maximum atomic E-state index is 12.2. The molecule has 1 aliphatic rings. The zero-order valence-corrected chi connectivity index (χ0v) is 15.0. The van der Waals surface area contributed by atoms with Gasteiger partial charge in [0, 0.05) is 23.7 Å². The number of hydrogen-bond acceptors (Lipinski definition) is 4. The molecule has 1 atom stereocenters. The van der Waals surface area contributed by atoms with Crippen molar-refractivity contribution in [2.24, 2.45) is 5.92 Å². The molecule has 1 unspecified atom stereocenters. The molecule has 0 aliphatic carbocycles. The van der Waals surface area contributed by atoms with E-state index in [0.717, 1.165) is 30.1 Å². The second-order valence-corrected chi connectivity index (χ2v) is 7.57. The number of anilines is 2. The van der Waals surface area contributed by atoms with Crippen LogP contribution in [0.4, 0.5) is 11.4 Å². The van der Waals surface area contributed by atoms with Crippen molar-refractivity contribution in [2.75, 3.05) is 23.3 Å². The Morgan fingerprint density at radius 1 is 1.36 bits per heavy atom. The number of thiophene rings is 1. The molecule has 1 aromatic heterocycles. The van der Waals surface area contributed by atoms with Gasteiger partial charge < -0.3 is 15.3 Å². The molecule has 3 rings (SSSR count). The number of carboxylic acids is 1. The largest absolute Gasteiger partial charge is 0.478 e. The van der Waals surface area contributed by atoms with Gasteiger partial charge in [0.1, 0.15) is 0 Å². The van der Waals surface area contributed by atoms with Crippen LogP contribution < -0.4 is 10.2 Å². The smallest absolute Gasteiger partial charge is 0.337 e. The van der Waals surface area contributed by atoms with Crippen LogP contribution in [-0.2, 0) is 11.2 Å². The molecule has 0 radical (unpaired) electrons. The number of nitrogens with one attached hydrogen (secondary N) is 1. The van der Waals surface area contributed by atoms with Crippen molar-refractivity contribution in [3.8, 4) is 0 Å². The third-order valence-corrected chi connectivity index (χ3v) is 5.32. The van der Waals surface area contributed by atoms with Crippen LogP contribution >= 0.6 is 11.3 Å². The van der Waals surface area contributed by atoms with E-state index in [1.807, 2.05) is 23.6 Å². The van der Waals surface area contributed by atoms with E-state index >= 15 is 0 Å². The number of amides is 1. The van der Waals surface area contributed by atoms with Gasteiger partial charge in [-0.3, -0.25) is 4.79 Å². The van der Waals surface area contributed by atoms with E-state index in [0.29, 0.717) is 11.6 Å². The number of piperidine rings is 1. The number of rotatable bonds is 5. The van der Waals surface area contributed by atoms with Crippen molar-refractivity contribution in [2.45, 2.75) is 26.2 Å². The Balaban J connectivity index is 1.77. The Morgan fingerprint density at radius 2 is 2.20 bits per heavy atom. The van der Waals surface area contributed by atoms with E-state index in [-0.39, 0.29) is 17.9 Å². The van der Waals surface area contributed by atoms with Crippen LogP contribution in [0.2, 0.25) is 0 Å². The quantitative estimate of drug-likeness (QED) is 0.851. The Kier molecular flexibility index (Phi) is 5.38. The van der Waals surface area contributed by atoms with Crippen LogP contribution in [0.15, 0.2) is 35.7 Å². The summed E-state index contributed by atoms with van der Waals surface area (Å²) >= 11 is 1.51. The van der Waals surface area contributed by atoms with E-state index in [4.69, 9.17) is 0 Å². The number of benzene rings is 1. The third kappa shape index (κ3) is 4.39. The standard InChI is InChI=1S/C19H22N2O3S/c1-13-4-2-8-21(12-13)14-6-7-17(16(10-14)19(23)24)20-18(22)11-15-5-3-9-25-15/h3,5-7,9-10,13H,2,4,8,11-12H2,1H3,(H,20,22)(H,23,24). The molecule has 1 amide bonds. The van der Waals surface area contributed by atoms with Crippen LogP contribution in [0.3, 0.4) is 0 Å². The highest BCUT2D eigenvalue weighted by molar-refractivity contribution is 7.10. The van der Waals surface area contributed by atoms with Crippen molar-refractivity contribution < 1.29 is 14.7 Å². The first-order valence-electron chi connectivity index (χ1n) is 8.47. The minimum atomic E-state index is -1.03. The van der Waals surface area contributed by atoms with Crippen LogP contribution in [0.25, 0.3) is 0 Å². The lowest BCUT2D eigenvalue weighted by atomic mass is 9.99. The van der Waals surface area contributed by atoms with Gasteiger partial charge in [0.15, 0.2) is 0 Å². The second kappa shape index (κ2) is 7.70. The summed E-state index contributed by atoms with van der Waals surface area (Å²) in [7, 11) is 0. The normalized spacial score (nSPS) is 17.3. The van der Waals surface area contributed by atoms with Crippen LogP contribution in [0, 0.1) is 5.92 Å². The molecule has 25 heavy (non-hydrogen) atoms. The molecule has 2 N–H and O–H groups in total. The summed E-state index contributed by atoms with van der Waals surface area (Å²) in [5.74, 6) is -0.630. The van der Waals surface area contributed by atoms with Gasteiger partial charge in [-0.05, 0) is 48.4 Å². The number of carbonyl (C=O) groups is 2. The predicted octanol–water partition coefficient (Wildman–Crippen LogP) is 3.86. The third-order valence-electron chi connectivity index (χ3n) is 4.44. The maximum Gasteiger partial charge on any atom is 0.337 e. The highest BCUT2D eigenvalue weighted by atomic mass is 32.1. The maximum absolute atomic E-state index is 12.2. The lowest BCUT2D eigenvalue weighted by Gasteiger charge is -2.33. The first-order valence-corrected chi connectivity index (χ1v) is 9.35.